The van der Waals surface area contributed by atoms with Crippen LogP contribution >= 0.6 is 11.6 Å². The number of hydrogen-bond acceptors (Lipinski definition) is 4. The minimum Gasteiger partial charge on any atom is -0.496 e. The smallest absolute Gasteiger partial charge is 0.266 e. The molecule has 0 spiro atoms. The van der Waals surface area contributed by atoms with Gasteiger partial charge in [0.2, 0.25) is 0 Å². The highest BCUT2D eigenvalue weighted by molar-refractivity contribution is 6.30. The molecule has 0 fully saturated rings. The van der Waals surface area contributed by atoms with Crippen LogP contribution in [0.1, 0.15) is 11.1 Å². The summed E-state index contributed by atoms with van der Waals surface area (Å²) in [6.45, 7) is 0.406. The maximum Gasteiger partial charge on any atom is 0.266 e. The van der Waals surface area contributed by atoms with Gasteiger partial charge in [0, 0.05) is 16.3 Å². The van der Waals surface area contributed by atoms with Crippen molar-refractivity contribution in [3.8, 4) is 17.6 Å². The average molecular weight is 419 g/mol. The van der Waals surface area contributed by atoms with Crippen molar-refractivity contribution in [2.45, 2.75) is 6.61 Å². The van der Waals surface area contributed by atoms with Crippen molar-refractivity contribution in [1.29, 1.82) is 5.26 Å². The van der Waals surface area contributed by atoms with E-state index in [1.807, 2.05) is 42.5 Å². The summed E-state index contributed by atoms with van der Waals surface area (Å²) >= 11 is 5.88. The van der Waals surface area contributed by atoms with E-state index in [1.165, 1.54) is 13.2 Å². The van der Waals surface area contributed by atoms with Crippen LogP contribution in [0.5, 0.6) is 11.5 Å². The monoisotopic (exact) mass is 418 g/mol. The zero-order valence-corrected chi connectivity index (χ0v) is 17.0. The Morgan fingerprint density at radius 3 is 2.43 bits per heavy atom. The number of ether oxygens (including phenoxy) is 2. The highest BCUT2D eigenvalue weighted by Crippen LogP contribution is 2.22. The van der Waals surface area contributed by atoms with Crippen LogP contribution < -0.4 is 14.8 Å². The Morgan fingerprint density at radius 1 is 1.07 bits per heavy atom. The first kappa shape index (κ1) is 21.0. The van der Waals surface area contributed by atoms with E-state index in [4.69, 9.17) is 21.1 Å². The molecule has 0 heterocycles. The molecule has 3 aromatic carbocycles. The zero-order chi connectivity index (χ0) is 21.3. The van der Waals surface area contributed by atoms with Crippen molar-refractivity contribution in [3.05, 3.63) is 94.5 Å². The number of hydrogen-bond donors (Lipinski definition) is 1. The van der Waals surface area contributed by atoms with E-state index < -0.39 is 5.91 Å². The Labute approximate surface area is 180 Å². The first-order chi connectivity index (χ1) is 14.6. The summed E-state index contributed by atoms with van der Waals surface area (Å²) in [5.74, 6) is 0.742. The van der Waals surface area contributed by atoms with Gasteiger partial charge in [-0.2, -0.15) is 5.26 Å². The summed E-state index contributed by atoms with van der Waals surface area (Å²) < 4.78 is 11.0. The number of anilines is 1. The number of carbonyl (C=O) groups is 1. The Kier molecular flexibility index (Phi) is 7.09. The third kappa shape index (κ3) is 5.63. The molecule has 5 nitrogen and oxygen atoms in total. The normalized spacial score (nSPS) is 10.8. The largest absolute Gasteiger partial charge is 0.496 e. The van der Waals surface area contributed by atoms with E-state index in [1.54, 1.807) is 36.4 Å². The Hall–Kier alpha value is -3.75. The van der Waals surface area contributed by atoms with E-state index in [0.29, 0.717) is 34.4 Å². The van der Waals surface area contributed by atoms with Crippen LogP contribution in [0.25, 0.3) is 6.08 Å². The topological polar surface area (TPSA) is 71.3 Å². The van der Waals surface area contributed by atoms with Gasteiger partial charge in [0.05, 0.1) is 7.11 Å². The molecule has 0 aliphatic heterocycles. The van der Waals surface area contributed by atoms with Crippen LogP contribution in [0.3, 0.4) is 0 Å². The molecular formula is C24H19ClN2O3. The zero-order valence-electron chi connectivity index (χ0n) is 16.3. The van der Waals surface area contributed by atoms with Crippen molar-refractivity contribution >= 4 is 29.3 Å². The van der Waals surface area contributed by atoms with Crippen molar-refractivity contribution in [1.82, 2.24) is 0 Å². The number of rotatable bonds is 7. The lowest BCUT2D eigenvalue weighted by molar-refractivity contribution is -0.112. The lowest BCUT2D eigenvalue weighted by Gasteiger charge is -2.09. The number of nitrogens with one attached hydrogen (secondary N) is 1. The number of nitriles is 1. The van der Waals surface area contributed by atoms with Gasteiger partial charge in [-0.3, -0.25) is 4.79 Å². The fourth-order valence-electron chi connectivity index (χ4n) is 2.67. The van der Waals surface area contributed by atoms with E-state index in [9.17, 15) is 10.1 Å². The van der Waals surface area contributed by atoms with Gasteiger partial charge in [0.1, 0.15) is 29.7 Å². The predicted octanol–water partition coefficient (Wildman–Crippen LogP) is 5.47. The molecule has 0 saturated heterocycles. The molecule has 0 aliphatic carbocycles. The summed E-state index contributed by atoms with van der Waals surface area (Å²) in [5.41, 5.74) is 2.18. The first-order valence-electron chi connectivity index (χ1n) is 9.12. The first-order valence-corrected chi connectivity index (χ1v) is 9.50. The lowest BCUT2D eigenvalue weighted by Crippen LogP contribution is -2.13. The fourth-order valence-corrected chi connectivity index (χ4v) is 2.80. The van der Waals surface area contributed by atoms with Gasteiger partial charge in [-0.25, -0.2) is 0 Å². The Balaban J connectivity index is 1.63. The SMILES string of the molecule is COc1ccccc1/C=C(\C#N)C(=O)Nc1ccc(OCc2ccc(Cl)cc2)cc1. The van der Waals surface area contributed by atoms with Crippen LogP contribution in [0.15, 0.2) is 78.4 Å². The number of amides is 1. The van der Waals surface area contributed by atoms with Crippen LogP contribution in [0.4, 0.5) is 5.69 Å². The second kappa shape index (κ2) is 10.1. The quantitative estimate of drug-likeness (QED) is 0.407. The Morgan fingerprint density at radius 2 is 1.77 bits per heavy atom. The van der Waals surface area contributed by atoms with Gasteiger partial charge in [-0.1, -0.05) is 41.9 Å². The summed E-state index contributed by atoms with van der Waals surface area (Å²) in [6.07, 6.45) is 1.50. The summed E-state index contributed by atoms with van der Waals surface area (Å²) in [6, 6.07) is 23.5. The number of halogens is 1. The fraction of sp³-hybridized carbons (Fsp3) is 0.0833. The molecule has 150 valence electrons. The number of methoxy groups -OCH3 is 1. The molecule has 1 N–H and O–H groups in total. The molecule has 6 heteroatoms. The Bertz CT molecular complexity index is 1080. The molecular weight excluding hydrogens is 400 g/mol. The second-order valence-electron chi connectivity index (χ2n) is 6.31. The molecule has 3 aromatic rings. The van der Waals surface area contributed by atoms with E-state index in [2.05, 4.69) is 5.32 Å². The van der Waals surface area contributed by atoms with Gasteiger partial charge in [-0.05, 0) is 54.1 Å². The molecule has 0 aliphatic rings. The number of nitrogens with zero attached hydrogens (tertiary/aromatic N) is 1. The van der Waals surface area contributed by atoms with Crippen molar-refractivity contribution in [3.63, 3.8) is 0 Å². The van der Waals surface area contributed by atoms with Crippen molar-refractivity contribution < 1.29 is 14.3 Å². The van der Waals surface area contributed by atoms with Crippen LogP contribution in [-0.2, 0) is 11.4 Å². The highest BCUT2D eigenvalue weighted by Gasteiger charge is 2.11. The molecule has 0 bridgehead atoms. The van der Waals surface area contributed by atoms with Crippen LogP contribution in [0.2, 0.25) is 5.02 Å². The van der Waals surface area contributed by atoms with Gasteiger partial charge in [-0.15, -0.1) is 0 Å². The molecule has 0 radical (unpaired) electrons. The molecule has 0 atom stereocenters. The van der Waals surface area contributed by atoms with Crippen molar-refractivity contribution in [2.75, 3.05) is 12.4 Å². The summed E-state index contributed by atoms with van der Waals surface area (Å²) in [5, 5.41) is 12.8. The van der Waals surface area contributed by atoms with E-state index in [0.717, 1.165) is 5.56 Å². The number of para-hydroxylation sites is 1. The van der Waals surface area contributed by atoms with Crippen molar-refractivity contribution in [2.24, 2.45) is 0 Å². The molecule has 0 aromatic heterocycles. The summed E-state index contributed by atoms with van der Waals surface area (Å²) in [4.78, 5) is 12.5. The number of carbonyl (C=O) groups excluding carboxylic acids is 1. The predicted molar refractivity (Wildman–Crippen MR) is 117 cm³/mol. The molecule has 1 amide bonds. The second-order valence-corrected chi connectivity index (χ2v) is 6.74. The lowest BCUT2D eigenvalue weighted by atomic mass is 10.1. The minimum atomic E-state index is -0.502. The van der Waals surface area contributed by atoms with Gasteiger partial charge >= 0.3 is 0 Å². The third-order valence-electron chi connectivity index (χ3n) is 4.23. The molecule has 0 unspecified atom stereocenters. The summed E-state index contributed by atoms with van der Waals surface area (Å²) in [7, 11) is 1.54. The number of benzene rings is 3. The molecule has 3 rings (SSSR count). The minimum absolute atomic E-state index is 0.0254. The molecule has 0 saturated carbocycles. The maximum atomic E-state index is 12.5. The van der Waals surface area contributed by atoms with Gasteiger partial charge < -0.3 is 14.8 Å². The standard InChI is InChI=1S/C24H19ClN2O3/c1-29-23-5-3-2-4-18(23)14-19(15-26)24(28)27-21-10-12-22(13-11-21)30-16-17-6-8-20(25)9-7-17/h2-14H,16H2,1H3,(H,27,28)/b19-14+. The highest BCUT2D eigenvalue weighted by atomic mass is 35.5. The van der Waals surface area contributed by atoms with Gasteiger partial charge in [0.25, 0.3) is 5.91 Å². The van der Waals surface area contributed by atoms with Crippen LogP contribution in [-0.4, -0.2) is 13.0 Å². The van der Waals surface area contributed by atoms with Crippen LogP contribution in [0, 0.1) is 11.3 Å². The van der Waals surface area contributed by atoms with E-state index >= 15 is 0 Å². The van der Waals surface area contributed by atoms with Gasteiger partial charge in [0.15, 0.2) is 0 Å². The molecule has 30 heavy (non-hydrogen) atoms. The average Bonchev–Trinajstić information content (AvgIpc) is 2.78. The third-order valence-corrected chi connectivity index (χ3v) is 4.49. The maximum absolute atomic E-state index is 12.5. The van der Waals surface area contributed by atoms with E-state index in [-0.39, 0.29) is 5.57 Å².